The van der Waals surface area contributed by atoms with Gasteiger partial charge in [-0.3, -0.25) is 0 Å². The Morgan fingerprint density at radius 3 is 2.60 bits per heavy atom. The molecule has 1 atom stereocenters. The van der Waals surface area contributed by atoms with E-state index < -0.39 is 5.60 Å². The fourth-order valence-corrected chi connectivity index (χ4v) is 1.77. The summed E-state index contributed by atoms with van der Waals surface area (Å²) in [6.45, 7) is 6.52. The van der Waals surface area contributed by atoms with E-state index in [1.54, 1.807) is 7.11 Å². The molecule has 0 aromatic heterocycles. The zero-order valence-electron chi connectivity index (χ0n) is 10.0. The summed E-state index contributed by atoms with van der Waals surface area (Å²) in [6.07, 6.45) is 0.619. The van der Waals surface area contributed by atoms with Gasteiger partial charge in [-0.25, -0.2) is 0 Å². The van der Waals surface area contributed by atoms with Gasteiger partial charge in [0.2, 0.25) is 0 Å². The summed E-state index contributed by atoms with van der Waals surface area (Å²) in [6, 6.07) is 6.03. The number of rotatable bonds is 4. The van der Waals surface area contributed by atoms with Crippen LogP contribution in [0.25, 0.3) is 0 Å². The average Bonchev–Trinajstić information content (AvgIpc) is 2.19. The molecule has 0 radical (unpaired) electrons. The third kappa shape index (κ3) is 2.80. The van der Waals surface area contributed by atoms with E-state index in [4.69, 9.17) is 4.74 Å². The maximum Gasteiger partial charge on any atom is 0.0893 e. The first kappa shape index (κ1) is 12.2. The standard InChI is InChI=1S/C13H20O2/c1-10-6-5-7-12(11(10)2)13(3,14)8-9-15-4/h5-7,14H,8-9H2,1-4H3. The highest BCUT2D eigenvalue weighted by molar-refractivity contribution is 5.36. The first-order valence-corrected chi connectivity index (χ1v) is 5.27. The molecule has 0 spiro atoms. The van der Waals surface area contributed by atoms with Gasteiger partial charge in [-0.15, -0.1) is 0 Å². The molecule has 0 heterocycles. The van der Waals surface area contributed by atoms with Crippen molar-refractivity contribution in [2.24, 2.45) is 0 Å². The molecule has 1 aromatic carbocycles. The second-order valence-corrected chi connectivity index (χ2v) is 4.26. The van der Waals surface area contributed by atoms with E-state index in [-0.39, 0.29) is 0 Å². The Morgan fingerprint density at radius 2 is 2.00 bits per heavy atom. The van der Waals surface area contributed by atoms with Crippen LogP contribution in [-0.2, 0) is 10.3 Å². The first-order chi connectivity index (χ1) is 6.99. The Balaban J connectivity index is 2.98. The Kier molecular flexibility index (Phi) is 3.89. The van der Waals surface area contributed by atoms with Crippen LogP contribution in [0.1, 0.15) is 30.0 Å². The van der Waals surface area contributed by atoms with E-state index >= 15 is 0 Å². The van der Waals surface area contributed by atoms with Gasteiger partial charge in [0.15, 0.2) is 0 Å². The highest BCUT2D eigenvalue weighted by Crippen LogP contribution is 2.28. The summed E-state index contributed by atoms with van der Waals surface area (Å²) >= 11 is 0. The predicted octanol–water partition coefficient (Wildman–Crippen LogP) is 2.55. The SMILES string of the molecule is COCCC(C)(O)c1cccc(C)c1C. The van der Waals surface area contributed by atoms with Crippen molar-refractivity contribution >= 4 is 0 Å². The van der Waals surface area contributed by atoms with E-state index in [2.05, 4.69) is 13.0 Å². The molecule has 0 aliphatic heterocycles. The fourth-order valence-electron chi connectivity index (χ4n) is 1.77. The van der Waals surface area contributed by atoms with Crippen molar-refractivity contribution in [3.63, 3.8) is 0 Å². The monoisotopic (exact) mass is 208 g/mol. The molecule has 0 saturated carbocycles. The van der Waals surface area contributed by atoms with Crippen molar-refractivity contribution in [2.75, 3.05) is 13.7 Å². The minimum Gasteiger partial charge on any atom is -0.385 e. The quantitative estimate of drug-likeness (QED) is 0.824. The Morgan fingerprint density at radius 1 is 1.33 bits per heavy atom. The number of hydrogen-bond donors (Lipinski definition) is 1. The van der Waals surface area contributed by atoms with Crippen molar-refractivity contribution in [2.45, 2.75) is 32.8 Å². The van der Waals surface area contributed by atoms with Crippen LogP contribution in [0.4, 0.5) is 0 Å². The number of aliphatic hydroxyl groups is 1. The number of aryl methyl sites for hydroxylation is 1. The largest absolute Gasteiger partial charge is 0.385 e. The lowest BCUT2D eigenvalue weighted by Gasteiger charge is -2.26. The summed E-state index contributed by atoms with van der Waals surface area (Å²) in [4.78, 5) is 0. The lowest BCUT2D eigenvalue weighted by molar-refractivity contribution is 0.0205. The number of methoxy groups -OCH3 is 1. The molecule has 1 unspecified atom stereocenters. The summed E-state index contributed by atoms with van der Waals surface area (Å²) in [5.74, 6) is 0. The van der Waals surface area contributed by atoms with Crippen LogP contribution in [0.2, 0.25) is 0 Å². The number of ether oxygens (including phenoxy) is 1. The molecule has 0 amide bonds. The molecule has 0 aliphatic rings. The van der Waals surface area contributed by atoms with E-state index in [1.807, 2.05) is 26.0 Å². The van der Waals surface area contributed by atoms with Crippen molar-refractivity contribution in [1.29, 1.82) is 0 Å². The molecule has 84 valence electrons. The van der Waals surface area contributed by atoms with Gasteiger partial charge >= 0.3 is 0 Å². The highest BCUT2D eigenvalue weighted by Gasteiger charge is 2.24. The van der Waals surface area contributed by atoms with Crippen LogP contribution in [-0.4, -0.2) is 18.8 Å². The first-order valence-electron chi connectivity index (χ1n) is 5.27. The number of hydrogen-bond acceptors (Lipinski definition) is 2. The molecule has 0 bridgehead atoms. The Bertz CT molecular complexity index is 329. The molecular formula is C13H20O2. The summed E-state index contributed by atoms with van der Waals surface area (Å²) in [5.41, 5.74) is 2.58. The fraction of sp³-hybridized carbons (Fsp3) is 0.538. The molecule has 0 fully saturated rings. The van der Waals surface area contributed by atoms with Crippen molar-refractivity contribution in [1.82, 2.24) is 0 Å². The summed E-state index contributed by atoms with van der Waals surface area (Å²) in [5, 5.41) is 10.3. The molecule has 0 saturated heterocycles. The maximum atomic E-state index is 10.3. The van der Waals surface area contributed by atoms with Gasteiger partial charge in [-0.2, -0.15) is 0 Å². The van der Waals surface area contributed by atoms with Crippen molar-refractivity contribution in [3.8, 4) is 0 Å². The smallest absolute Gasteiger partial charge is 0.0893 e. The van der Waals surface area contributed by atoms with Crippen LogP contribution in [0.5, 0.6) is 0 Å². The average molecular weight is 208 g/mol. The van der Waals surface area contributed by atoms with Crippen LogP contribution < -0.4 is 0 Å². The molecular weight excluding hydrogens is 188 g/mol. The topological polar surface area (TPSA) is 29.5 Å². The summed E-state index contributed by atoms with van der Waals surface area (Å²) < 4.78 is 5.01. The van der Waals surface area contributed by atoms with Gasteiger partial charge in [-0.1, -0.05) is 18.2 Å². The van der Waals surface area contributed by atoms with Gasteiger partial charge in [0, 0.05) is 20.1 Å². The van der Waals surface area contributed by atoms with Crippen LogP contribution in [0.3, 0.4) is 0 Å². The van der Waals surface area contributed by atoms with E-state index in [0.717, 1.165) is 5.56 Å². The molecule has 15 heavy (non-hydrogen) atoms. The number of benzene rings is 1. The van der Waals surface area contributed by atoms with Crippen LogP contribution in [0, 0.1) is 13.8 Å². The van der Waals surface area contributed by atoms with Crippen molar-refractivity contribution in [3.05, 3.63) is 34.9 Å². The van der Waals surface area contributed by atoms with Crippen molar-refractivity contribution < 1.29 is 9.84 Å². The predicted molar refractivity (Wildman–Crippen MR) is 62.0 cm³/mol. The summed E-state index contributed by atoms with van der Waals surface area (Å²) in [7, 11) is 1.65. The normalized spacial score (nSPS) is 15.0. The van der Waals surface area contributed by atoms with Gasteiger partial charge in [0.25, 0.3) is 0 Å². The highest BCUT2D eigenvalue weighted by atomic mass is 16.5. The lowest BCUT2D eigenvalue weighted by Crippen LogP contribution is -2.24. The molecule has 1 N–H and O–H groups in total. The molecule has 1 aromatic rings. The second kappa shape index (κ2) is 4.77. The third-order valence-corrected chi connectivity index (χ3v) is 2.98. The van der Waals surface area contributed by atoms with Gasteiger partial charge in [-0.05, 0) is 37.5 Å². The Labute approximate surface area is 91.9 Å². The zero-order valence-corrected chi connectivity index (χ0v) is 10.0. The lowest BCUT2D eigenvalue weighted by atomic mass is 9.87. The van der Waals surface area contributed by atoms with E-state index in [9.17, 15) is 5.11 Å². The van der Waals surface area contributed by atoms with E-state index in [0.29, 0.717) is 13.0 Å². The zero-order chi connectivity index (χ0) is 11.5. The van der Waals surface area contributed by atoms with Gasteiger partial charge in [0.1, 0.15) is 0 Å². The minimum atomic E-state index is -0.799. The third-order valence-electron chi connectivity index (χ3n) is 2.98. The second-order valence-electron chi connectivity index (χ2n) is 4.26. The Hall–Kier alpha value is -0.860. The van der Waals surface area contributed by atoms with Crippen LogP contribution >= 0.6 is 0 Å². The van der Waals surface area contributed by atoms with Crippen LogP contribution in [0.15, 0.2) is 18.2 Å². The molecule has 2 heteroatoms. The molecule has 2 nitrogen and oxygen atoms in total. The molecule has 0 aliphatic carbocycles. The molecule has 1 rings (SSSR count). The maximum absolute atomic E-state index is 10.3. The van der Waals surface area contributed by atoms with E-state index in [1.165, 1.54) is 11.1 Å². The van der Waals surface area contributed by atoms with Gasteiger partial charge < -0.3 is 9.84 Å². The van der Waals surface area contributed by atoms with Gasteiger partial charge in [0.05, 0.1) is 5.60 Å². The minimum absolute atomic E-state index is 0.570.